The van der Waals surface area contributed by atoms with Gasteiger partial charge in [-0.3, -0.25) is 4.98 Å². The number of alkyl halides is 3. The zero-order valence-electron chi connectivity index (χ0n) is 10.6. The number of benzene rings is 1. The molecule has 1 unspecified atom stereocenters. The summed E-state index contributed by atoms with van der Waals surface area (Å²) in [6.45, 7) is 0. The van der Waals surface area contributed by atoms with Crippen molar-refractivity contribution in [2.24, 2.45) is 0 Å². The molecule has 1 aromatic heterocycles. The van der Waals surface area contributed by atoms with Crippen molar-refractivity contribution < 1.29 is 18.3 Å². The molecular weight excluding hydrogens is 267 g/mol. The lowest BCUT2D eigenvalue weighted by molar-refractivity contribution is -0.137. The number of aliphatic hydroxyl groups excluding tert-OH is 1. The molecule has 0 fully saturated rings. The summed E-state index contributed by atoms with van der Waals surface area (Å²) >= 11 is 0. The second-order valence-electron chi connectivity index (χ2n) is 4.61. The minimum atomic E-state index is -4.33. The Kier molecular flexibility index (Phi) is 4.39. The average molecular weight is 281 g/mol. The first-order chi connectivity index (χ1) is 9.45. The van der Waals surface area contributed by atoms with Gasteiger partial charge >= 0.3 is 6.18 Å². The molecule has 0 saturated carbocycles. The standard InChI is InChI=1S/C15H14F3NO/c16-15(17,18)13-3-1-11(2-4-13)9-14(20)10-12-5-7-19-8-6-12/h1-8,14,20H,9-10H2. The van der Waals surface area contributed by atoms with Crippen LogP contribution in [0, 0.1) is 0 Å². The van der Waals surface area contributed by atoms with Crippen LogP contribution in [0.2, 0.25) is 0 Å². The smallest absolute Gasteiger partial charge is 0.392 e. The van der Waals surface area contributed by atoms with Crippen molar-refractivity contribution in [2.45, 2.75) is 25.1 Å². The highest BCUT2D eigenvalue weighted by molar-refractivity contribution is 5.25. The van der Waals surface area contributed by atoms with E-state index in [1.807, 2.05) is 0 Å². The van der Waals surface area contributed by atoms with Crippen LogP contribution < -0.4 is 0 Å². The molecule has 0 saturated heterocycles. The summed E-state index contributed by atoms with van der Waals surface area (Å²) in [5.41, 5.74) is 0.948. The molecular formula is C15H14F3NO. The first-order valence-corrected chi connectivity index (χ1v) is 6.18. The van der Waals surface area contributed by atoms with E-state index < -0.39 is 17.8 Å². The second kappa shape index (κ2) is 6.05. The maximum atomic E-state index is 12.4. The summed E-state index contributed by atoms with van der Waals surface area (Å²) in [6.07, 6.45) is -0.910. The van der Waals surface area contributed by atoms with Gasteiger partial charge in [0, 0.05) is 12.4 Å². The van der Waals surface area contributed by atoms with E-state index in [1.165, 1.54) is 12.1 Å². The van der Waals surface area contributed by atoms with Gasteiger partial charge in [0.2, 0.25) is 0 Å². The largest absolute Gasteiger partial charge is 0.416 e. The van der Waals surface area contributed by atoms with Crippen LogP contribution >= 0.6 is 0 Å². The Balaban J connectivity index is 1.96. The molecule has 20 heavy (non-hydrogen) atoms. The maximum Gasteiger partial charge on any atom is 0.416 e. The molecule has 1 N–H and O–H groups in total. The van der Waals surface area contributed by atoms with Gasteiger partial charge in [-0.25, -0.2) is 0 Å². The van der Waals surface area contributed by atoms with E-state index in [2.05, 4.69) is 4.98 Å². The monoisotopic (exact) mass is 281 g/mol. The van der Waals surface area contributed by atoms with Crippen molar-refractivity contribution in [3.05, 3.63) is 65.5 Å². The summed E-state index contributed by atoms with van der Waals surface area (Å²) in [5.74, 6) is 0. The van der Waals surface area contributed by atoms with E-state index >= 15 is 0 Å². The number of halogens is 3. The van der Waals surface area contributed by atoms with Gasteiger partial charge in [-0.15, -0.1) is 0 Å². The van der Waals surface area contributed by atoms with Gasteiger partial charge < -0.3 is 5.11 Å². The fourth-order valence-electron chi connectivity index (χ4n) is 1.97. The Morgan fingerprint density at radius 2 is 1.40 bits per heavy atom. The van der Waals surface area contributed by atoms with Gasteiger partial charge in [0.25, 0.3) is 0 Å². The highest BCUT2D eigenvalue weighted by Crippen LogP contribution is 2.29. The molecule has 0 aliphatic heterocycles. The minimum absolute atomic E-state index is 0.320. The summed E-state index contributed by atoms with van der Waals surface area (Å²) < 4.78 is 37.2. The van der Waals surface area contributed by atoms with E-state index in [1.54, 1.807) is 24.5 Å². The first-order valence-electron chi connectivity index (χ1n) is 6.18. The quantitative estimate of drug-likeness (QED) is 0.933. The van der Waals surface area contributed by atoms with E-state index in [4.69, 9.17) is 0 Å². The summed E-state index contributed by atoms with van der Waals surface area (Å²) in [7, 11) is 0. The number of pyridine rings is 1. The van der Waals surface area contributed by atoms with Crippen molar-refractivity contribution >= 4 is 0 Å². The van der Waals surface area contributed by atoms with Gasteiger partial charge in [0.1, 0.15) is 0 Å². The average Bonchev–Trinajstić information content (AvgIpc) is 2.39. The zero-order chi connectivity index (χ0) is 14.6. The Bertz CT molecular complexity index is 537. The van der Waals surface area contributed by atoms with Crippen molar-refractivity contribution in [1.29, 1.82) is 0 Å². The third kappa shape index (κ3) is 4.06. The van der Waals surface area contributed by atoms with E-state index in [-0.39, 0.29) is 0 Å². The number of aliphatic hydroxyl groups is 1. The van der Waals surface area contributed by atoms with Crippen LogP contribution in [0.15, 0.2) is 48.8 Å². The number of hydrogen-bond donors (Lipinski definition) is 1. The summed E-state index contributed by atoms with van der Waals surface area (Å²) in [5, 5.41) is 9.94. The van der Waals surface area contributed by atoms with Gasteiger partial charge in [-0.2, -0.15) is 13.2 Å². The highest BCUT2D eigenvalue weighted by atomic mass is 19.4. The van der Waals surface area contributed by atoms with Gasteiger partial charge in [-0.1, -0.05) is 12.1 Å². The second-order valence-corrected chi connectivity index (χ2v) is 4.61. The van der Waals surface area contributed by atoms with Crippen molar-refractivity contribution in [1.82, 2.24) is 4.98 Å². The molecule has 2 rings (SSSR count). The normalized spacial score (nSPS) is 13.2. The molecule has 1 aromatic carbocycles. The molecule has 2 aromatic rings. The van der Waals surface area contributed by atoms with Crippen LogP contribution in [-0.4, -0.2) is 16.2 Å². The molecule has 106 valence electrons. The molecule has 0 bridgehead atoms. The van der Waals surface area contributed by atoms with Gasteiger partial charge in [-0.05, 0) is 48.2 Å². The van der Waals surface area contributed by atoms with Crippen molar-refractivity contribution in [2.75, 3.05) is 0 Å². The Labute approximate surface area is 114 Å². The predicted molar refractivity (Wildman–Crippen MR) is 69.1 cm³/mol. The molecule has 2 nitrogen and oxygen atoms in total. The van der Waals surface area contributed by atoms with Gasteiger partial charge in [0.05, 0.1) is 11.7 Å². The lowest BCUT2D eigenvalue weighted by Gasteiger charge is -2.12. The van der Waals surface area contributed by atoms with Crippen LogP contribution in [-0.2, 0) is 19.0 Å². The van der Waals surface area contributed by atoms with E-state index in [9.17, 15) is 18.3 Å². The maximum absolute atomic E-state index is 12.4. The molecule has 0 radical (unpaired) electrons. The molecule has 0 aliphatic carbocycles. The van der Waals surface area contributed by atoms with Crippen molar-refractivity contribution in [3.8, 4) is 0 Å². The Morgan fingerprint density at radius 3 is 1.90 bits per heavy atom. The lowest BCUT2D eigenvalue weighted by atomic mass is 10.0. The zero-order valence-corrected chi connectivity index (χ0v) is 10.6. The fourth-order valence-corrected chi connectivity index (χ4v) is 1.97. The topological polar surface area (TPSA) is 33.1 Å². The molecule has 0 aliphatic rings. The SMILES string of the molecule is OC(Cc1ccncc1)Cc1ccc(C(F)(F)F)cc1. The minimum Gasteiger partial charge on any atom is -0.392 e. The van der Waals surface area contributed by atoms with E-state index in [0.717, 1.165) is 17.7 Å². The summed E-state index contributed by atoms with van der Waals surface area (Å²) in [4.78, 5) is 3.88. The van der Waals surface area contributed by atoms with E-state index in [0.29, 0.717) is 18.4 Å². The fraction of sp³-hybridized carbons (Fsp3) is 0.267. The predicted octanol–water partition coefficient (Wildman–Crippen LogP) is 3.25. The molecule has 0 spiro atoms. The molecule has 0 amide bonds. The van der Waals surface area contributed by atoms with Crippen LogP contribution in [0.25, 0.3) is 0 Å². The number of rotatable bonds is 4. The first kappa shape index (κ1) is 14.5. The third-order valence-electron chi connectivity index (χ3n) is 2.97. The third-order valence-corrected chi connectivity index (χ3v) is 2.97. The van der Waals surface area contributed by atoms with Crippen LogP contribution in [0.5, 0.6) is 0 Å². The van der Waals surface area contributed by atoms with Crippen LogP contribution in [0.1, 0.15) is 16.7 Å². The highest BCUT2D eigenvalue weighted by Gasteiger charge is 2.29. The molecule has 1 atom stereocenters. The Hall–Kier alpha value is -1.88. The lowest BCUT2D eigenvalue weighted by Crippen LogP contribution is -2.14. The van der Waals surface area contributed by atoms with Crippen LogP contribution in [0.3, 0.4) is 0 Å². The number of nitrogens with zero attached hydrogens (tertiary/aromatic N) is 1. The number of hydrogen-bond acceptors (Lipinski definition) is 2. The number of aromatic nitrogens is 1. The Morgan fingerprint density at radius 1 is 0.900 bits per heavy atom. The van der Waals surface area contributed by atoms with Crippen molar-refractivity contribution in [3.63, 3.8) is 0 Å². The van der Waals surface area contributed by atoms with Gasteiger partial charge in [0.15, 0.2) is 0 Å². The summed E-state index contributed by atoms with van der Waals surface area (Å²) in [6, 6.07) is 8.48. The molecule has 1 heterocycles. The van der Waals surface area contributed by atoms with Crippen LogP contribution in [0.4, 0.5) is 13.2 Å². The molecule has 5 heteroatoms.